The molecular formula is C48H30BNS. The molecule has 1 nitrogen and oxygen atoms in total. The Morgan fingerprint density at radius 2 is 1.04 bits per heavy atom. The normalized spacial score (nSPS) is 12.6. The zero-order chi connectivity index (χ0) is 33.5. The summed E-state index contributed by atoms with van der Waals surface area (Å²) in [5.41, 5.74) is 17.9. The van der Waals surface area contributed by atoms with Gasteiger partial charge in [0.25, 0.3) is 0 Å². The van der Waals surface area contributed by atoms with Crippen LogP contribution in [0.4, 0.5) is 17.1 Å². The summed E-state index contributed by atoms with van der Waals surface area (Å²) in [5.74, 6) is 0. The van der Waals surface area contributed by atoms with Gasteiger partial charge in [-0.3, -0.25) is 0 Å². The lowest BCUT2D eigenvalue weighted by Crippen LogP contribution is -2.54. The Hall–Kier alpha value is -6.16. The second-order valence-electron chi connectivity index (χ2n) is 13.6. The molecule has 2 aliphatic rings. The monoisotopic (exact) mass is 663 g/mol. The topological polar surface area (TPSA) is 3.24 Å². The van der Waals surface area contributed by atoms with Gasteiger partial charge in [-0.2, -0.15) is 0 Å². The Bertz CT molecular complexity index is 2800. The fraction of sp³-hybridized carbons (Fsp3) is 0. The van der Waals surface area contributed by atoms with Crippen molar-refractivity contribution < 1.29 is 0 Å². The quantitative estimate of drug-likeness (QED) is 0.169. The molecule has 51 heavy (non-hydrogen) atoms. The maximum Gasteiger partial charge on any atom is 0.248 e. The first kappa shape index (κ1) is 28.7. The predicted molar refractivity (Wildman–Crippen MR) is 220 cm³/mol. The molecule has 0 radical (unpaired) electrons. The Labute approximate surface area is 301 Å². The number of hydrogen-bond acceptors (Lipinski definition) is 2. The van der Waals surface area contributed by atoms with Crippen LogP contribution >= 0.6 is 11.3 Å². The number of nitrogens with zero attached hydrogens (tertiary/aromatic N) is 1. The number of anilines is 3. The van der Waals surface area contributed by atoms with Gasteiger partial charge < -0.3 is 4.90 Å². The summed E-state index contributed by atoms with van der Waals surface area (Å²) in [6.45, 7) is 0.150. The van der Waals surface area contributed by atoms with Crippen molar-refractivity contribution in [1.82, 2.24) is 0 Å². The summed E-state index contributed by atoms with van der Waals surface area (Å²) in [4.78, 5) is 2.52. The molecular weight excluding hydrogens is 633 g/mol. The van der Waals surface area contributed by atoms with E-state index >= 15 is 0 Å². The summed E-state index contributed by atoms with van der Waals surface area (Å²) < 4.78 is 2.66. The minimum absolute atomic E-state index is 0.150. The lowest BCUT2D eigenvalue weighted by Gasteiger charge is -2.36. The molecule has 3 heteroatoms. The van der Waals surface area contributed by atoms with Crippen LogP contribution in [0.2, 0.25) is 0 Å². The van der Waals surface area contributed by atoms with E-state index in [0.29, 0.717) is 0 Å². The molecule has 0 unspecified atom stereocenters. The number of hydrogen-bond donors (Lipinski definition) is 0. The summed E-state index contributed by atoms with van der Waals surface area (Å²) in [6, 6.07) is 67.4. The molecule has 2 aliphatic heterocycles. The maximum absolute atomic E-state index is 2.52. The molecule has 236 valence electrons. The maximum atomic E-state index is 2.52. The second kappa shape index (κ2) is 11.2. The van der Waals surface area contributed by atoms with Crippen LogP contribution in [-0.4, -0.2) is 6.71 Å². The van der Waals surface area contributed by atoms with Crippen LogP contribution in [-0.2, 0) is 0 Å². The van der Waals surface area contributed by atoms with Gasteiger partial charge in [-0.1, -0.05) is 145 Å². The van der Waals surface area contributed by atoms with Gasteiger partial charge in [0.1, 0.15) is 0 Å². The van der Waals surface area contributed by atoms with E-state index in [4.69, 9.17) is 0 Å². The molecule has 8 aromatic carbocycles. The van der Waals surface area contributed by atoms with E-state index in [1.165, 1.54) is 92.4 Å². The molecule has 0 N–H and O–H groups in total. The third kappa shape index (κ3) is 4.35. The summed E-state index contributed by atoms with van der Waals surface area (Å²) in [7, 11) is 0. The van der Waals surface area contributed by atoms with Crippen LogP contribution < -0.4 is 21.3 Å². The summed E-state index contributed by atoms with van der Waals surface area (Å²) >= 11 is 1.88. The number of benzene rings is 8. The molecule has 0 bridgehead atoms. The zero-order valence-electron chi connectivity index (χ0n) is 27.8. The SMILES string of the molecule is c1ccc(-c2ccc(N3c4ccc(-c5ccccc5)cc4B4c5ccccc5-c5cc(-c6cccc7sc8ccccc8c67)cc3c54)cc2)cc1. The summed E-state index contributed by atoms with van der Waals surface area (Å²) in [6.07, 6.45) is 0. The van der Waals surface area contributed by atoms with Crippen molar-refractivity contribution in [2.24, 2.45) is 0 Å². The fourth-order valence-electron chi connectivity index (χ4n) is 8.63. The van der Waals surface area contributed by atoms with Crippen molar-refractivity contribution >= 4 is 71.7 Å². The molecule has 0 atom stereocenters. The minimum atomic E-state index is 0.150. The molecule has 0 fully saturated rings. The van der Waals surface area contributed by atoms with Gasteiger partial charge in [-0.15, -0.1) is 11.3 Å². The average molecular weight is 664 g/mol. The molecule has 11 rings (SSSR count). The van der Waals surface area contributed by atoms with Crippen LogP contribution in [0, 0.1) is 0 Å². The number of thiophene rings is 1. The van der Waals surface area contributed by atoms with Gasteiger partial charge in [-0.05, 0) is 97.9 Å². The van der Waals surface area contributed by atoms with Crippen LogP contribution in [0.5, 0.6) is 0 Å². The Kier molecular flexibility index (Phi) is 6.28. The van der Waals surface area contributed by atoms with Crippen molar-refractivity contribution in [2.45, 2.75) is 0 Å². The van der Waals surface area contributed by atoms with Gasteiger partial charge >= 0.3 is 0 Å². The standard InChI is InChI=1S/C48H30BNS/c1-3-12-31(13-4-1)33-22-25-36(26-23-33)50-43-27-24-34(32-14-5-2-6-15-32)29-42(43)49-41-19-9-7-16-38(41)40-28-35(30-44(50)48(40)49)37-18-11-21-46-47(37)39-17-8-10-20-45(39)51-46/h1-30H. The molecule has 0 saturated heterocycles. The van der Waals surface area contributed by atoms with E-state index in [-0.39, 0.29) is 6.71 Å². The van der Waals surface area contributed by atoms with Crippen LogP contribution in [0.1, 0.15) is 0 Å². The van der Waals surface area contributed by atoms with Gasteiger partial charge in [-0.25, -0.2) is 0 Å². The van der Waals surface area contributed by atoms with Gasteiger partial charge in [0.2, 0.25) is 6.71 Å². The second-order valence-corrected chi connectivity index (χ2v) is 14.7. The van der Waals surface area contributed by atoms with Crippen molar-refractivity contribution in [3.8, 4) is 44.5 Å². The van der Waals surface area contributed by atoms with E-state index in [1.807, 2.05) is 11.3 Å². The predicted octanol–water partition coefficient (Wildman–Crippen LogP) is 11.3. The Morgan fingerprint density at radius 1 is 0.392 bits per heavy atom. The van der Waals surface area contributed by atoms with Gasteiger partial charge in [0.05, 0.1) is 0 Å². The van der Waals surface area contributed by atoms with Gasteiger partial charge in [0, 0.05) is 37.2 Å². The van der Waals surface area contributed by atoms with Crippen LogP contribution in [0.25, 0.3) is 64.7 Å². The molecule has 0 saturated carbocycles. The highest BCUT2D eigenvalue weighted by atomic mass is 32.1. The van der Waals surface area contributed by atoms with Crippen molar-refractivity contribution in [3.63, 3.8) is 0 Å². The Balaban J connectivity index is 1.19. The van der Waals surface area contributed by atoms with Crippen LogP contribution in [0.3, 0.4) is 0 Å². The number of fused-ring (bicyclic) bond motifs is 8. The lowest BCUT2D eigenvalue weighted by molar-refractivity contribution is 1.30. The molecule has 0 amide bonds. The first-order chi connectivity index (χ1) is 25.3. The van der Waals surface area contributed by atoms with Crippen molar-refractivity contribution in [3.05, 3.63) is 182 Å². The fourth-order valence-corrected chi connectivity index (χ4v) is 9.77. The van der Waals surface area contributed by atoms with Gasteiger partial charge in [0.15, 0.2) is 0 Å². The molecule has 0 aliphatic carbocycles. The van der Waals surface area contributed by atoms with E-state index < -0.39 is 0 Å². The zero-order valence-corrected chi connectivity index (χ0v) is 28.6. The number of rotatable bonds is 4. The molecule has 9 aromatic rings. The molecule has 1 aromatic heterocycles. The highest BCUT2D eigenvalue weighted by Gasteiger charge is 2.43. The Morgan fingerprint density at radius 3 is 1.86 bits per heavy atom. The highest BCUT2D eigenvalue weighted by Crippen LogP contribution is 2.46. The third-order valence-electron chi connectivity index (χ3n) is 10.9. The van der Waals surface area contributed by atoms with E-state index in [2.05, 4.69) is 187 Å². The largest absolute Gasteiger partial charge is 0.311 e. The lowest BCUT2D eigenvalue weighted by atomic mass is 9.37. The molecule has 3 heterocycles. The first-order valence-corrected chi connectivity index (χ1v) is 18.4. The smallest absolute Gasteiger partial charge is 0.248 e. The summed E-state index contributed by atoms with van der Waals surface area (Å²) in [5, 5.41) is 2.67. The van der Waals surface area contributed by atoms with Crippen LogP contribution in [0.15, 0.2) is 182 Å². The van der Waals surface area contributed by atoms with E-state index in [9.17, 15) is 0 Å². The van der Waals surface area contributed by atoms with E-state index in [0.717, 1.165) is 5.69 Å². The van der Waals surface area contributed by atoms with Crippen molar-refractivity contribution in [2.75, 3.05) is 4.90 Å². The van der Waals surface area contributed by atoms with E-state index in [1.54, 1.807) is 0 Å². The molecule has 0 spiro atoms. The minimum Gasteiger partial charge on any atom is -0.311 e. The third-order valence-corrected chi connectivity index (χ3v) is 12.0. The van der Waals surface area contributed by atoms with Crippen molar-refractivity contribution in [1.29, 1.82) is 0 Å². The average Bonchev–Trinajstić information content (AvgIpc) is 3.75. The first-order valence-electron chi connectivity index (χ1n) is 17.6. The highest BCUT2D eigenvalue weighted by molar-refractivity contribution is 7.26.